The number of hydrogen-bond acceptors (Lipinski definition) is 1. The molecule has 1 nitrogen and oxygen atoms in total. The number of rotatable bonds is 2. The summed E-state index contributed by atoms with van der Waals surface area (Å²) in [6.45, 7) is 15.3. The molecule has 1 aliphatic rings. The molecular formula is C12H21OSi. The van der Waals surface area contributed by atoms with E-state index < -0.39 is 8.32 Å². The van der Waals surface area contributed by atoms with Crippen LogP contribution in [0, 0.1) is 5.92 Å². The highest BCUT2D eigenvalue weighted by Gasteiger charge is 2.29. The van der Waals surface area contributed by atoms with Crippen molar-refractivity contribution >= 4 is 8.32 Å². The Kier molecular flexibility index (Phi) is 2.95. The summed E-state index contributed by atoms with van der Waals surface area (Å²) in [6, 6.07) is 0. The monoisotopic (exact) mass is 209 g/mol. The van der Waals surface area contributed by atoms with Gasteiger partial charge in [-0.3, -0.25) is 0 Å². The Morgan fingerprint density at radius 2 is 1.29 bits per heavy atom. The van der Waals surface area contributed by atoms with Gasteiger partial charge in [0.2, 0.25) is 8.32 Å². The Bertz CT molecular complexity index is 305. The third-order valence-electron chi connectivity index (χ3n) is 2.78. The maximum Gasteiger partial charge on any atom is 0.241 e. The molecule has 14 heavy (non-hydrogen) atoms. The molecule has 1 rings (SSSR count). The lowest BCUT2D eigenvalue weighted by atomic mass is 10.0. The van der Waals surface area contributed by atoms with Crippen LogP contribution in [0.2, 0.25) is 19.6 Å². The molecule has 0 N–H and O–H groups in total. The molecule has 0 atom stereocenters. The van der Waals surface area contributed by atoms with E-state index in [-0.39, 0.29) is 0 Å². The van der Waals surface area contributed by atoms with Gasteiger partial charge in [-0.05, 0) is 58.5 Å². The highest BCUT2D eigenvalue weighted by molar-refractivity contribution is 6.70. The van der Waals surface area contributed by atoms with Crippen LogP contribution >= 0.6 is 0 Å². The maximum atomic E-state index is 6.10. The maximum absolute atomic E-state index is 6.10. The first kappa shape index (κ1) is 11.6. The fourth-order valence-electron chi connectivity index (χ4n) is 1.64. The molecule has 0 spiro atoms. The first-order valence-corrected chi connectivity index (χ1v) is 8.57. The van der Waals surface area contributed by atoms with E-state index in [1.54, 1.807) is 0 Å². The van der Waals surface area contributed by atoms with Crippen LogP contribution in [0.25, 0.3) is 0 Å². The molecule has 1 aliphatic carbocycles. The molecule has 0 aromatic rings. The zero-order valence-electron chi connectivity index (χ0n) is 10.4. The Hall–Kier alpha value is -0.503. The third-order valence-corrected chi connectivity index (χ3v) is 3.59. The van der Waals surface area contributed by atoms with Crippen LogP contribution in [0.5, 0.6) is 0 Å². The van der Waals surface area contributed by atoms with Gasteiger partial charge in [-0.1, -0.05) is 5.57 Å². The highest BCUT2D eigenvalue weighted by atomic mass is 28.4. The van der Waals surface area contributed by atoms with Gasteiger partial charge in [0.15, 0.2) is 0 Å². The van der Waals surface area contributed by atoms with Crippen molar-refractivity contribution in [2.24, 2.45) is 0 Å². The quantitative estimate of drug-likeness (QED) is 0.623. The van der Waals surface area contributed by atoms with Gasteiger partial charge in [-0.25, -0.2) is 0 Å². The molecule has 2 heteroatoms. The van der Waals surface area contributed by atoms with E-state index in [2.05, 4.69) is 47.3 Å². The van der Waals surface area contributed by atoms with Crippen LogP contribution in [-0.4, -0.2) is 8.32 Å². The van der Waals surface area contributed by atoms with Crippen LogP contribution in [-0.2, 0) is 4.43 Å². The van der Waals surface area contributed by atoms with Gasteiger partial charge in [-0.15, -0.1) is 0 Å². The summed E-state index contributed by atoms with van der Waals surface area (Å²) in [5, 5.41) is 0. The zero-order chi connectivity index (χ0) is 11.1. The second kappa shape index (κ2) is 3.57. The summed E-state index contributed by atoms with van der Waals surface area (Å²) in [5.74, 6) is 2.46. The normalized spacial score (nSPS) is 19.6. The van der Waals surface area contributed by atoms with Crippen molar-refractivity contribution in [3.63, 3.8) is 0 Å². The van der Waals surface area contributed by atoms with Crippen molar-refractivity contribution in [3.05, 3.63) is 28.4 Å². The summed E-state index contributed by atoms with van der Waals surface area (Å²) >= 11 is 0. The van der Waals surface area contributed by atoms with Crippen molar-refractivity contribution < 1.29 is 4.43 Å². The van der Waals surface area contributed by atoms with Crippen LogP contribution < -0.4 is 0 Å². The van der Waals surface area contributed by atoms with E-state index in [9.17, 15) is 0 Å². The minimum atomic E-state index is -1.47. The predicted molar refractivity (Wildman–Crippen MR) is 64.4 cm³/mol. The molecule has 0 amide bonds. The lowest BCUT2D eigenvalue weighted by Gasteiger charge is -2.24. The van der Waals surface area contributed by atoms with E-state index in [1.165, 1.54) is 22.6 Å². The van der Waals surface area contributed by atoms with Crippen molar-refractivity contribution in [2.75, 3.05) is 0 Å². The number of allylic oxidation sites excluding steroid dienone is 3. The van der Waals surface area contributed by atoms with Crippen LogP contribution in [0.4, 0.5) is 0 Å². The van der Waals surface area contributed by atoms with E-state index in [1.807, 2.05) is 0 Å². The van der Waals surface area contributed by atoms with Crippen molar-refractivity contribution in [1.29, 1.82) is 0 Å². The van der Waals surface area contributed by atoms with Gasteiger partial charge in [0, 0.05) is 0 Å². The van der Waals surface area contributed by atoms with E-state index >= 15 is 0 Å². The van der Waals surface area contributed by atoms with Gasteiger partial charge in [0.1, 0.15) is 0 Å². The minimum absolute atomic E-state index is 1.14. The largest absolute Gasteiger partial charge is 0.546 e. The second-order valence-electron chi connectivity index (χ2n) is 5.04. The molecule has 0 aromatic carbocycles. The molecule has 79 valence electrons. The molecule has 0 heterocycles. The molecule has 0 bridgehead atoms. The smallest absolute Gasteiger partial charge is 0.241 e. The average molecular weight is 209 g/mol. The van der Waals surface area contributed by atoms with Gasteiger partial charge < -0.3 is 4.43 Å². The Balaban J connectivity index is 2.94. The SMILES string of the molecule is C[C]1C(C)=C(C)C(C)=C1O[Si](C)(C)C. The lowest BCUT2D eigenvalue weighted by Crippen LogP contribution is -2.26. The molecule has 0 unspecified atom stereocenters. The summed E-state index contributed by atoms with van der Waals surface area (Å²) in [5.41, 5.74) is 4.09. The van der Waals surface area contributed by atoms with Gasteiger partial charge in [0.05, 0.1) is 11.7 Å². The minimum Gasteiger partial charge on any atom is -0.546 e. The summed E-state index contributed by atoms with van der Waals surface area (Å²) in [4.78, 5) is 0. The lowest BCUT2D eigenvalue weighted by molar-refractivity contribution is 0.418. The summed E-state index contributed by atoms with van der Waals surface area (Å²) in [6.07, 6.45) is 0. The van der Waals surface area contributed by atoms with Gasteiger partial charge in [-0.2, -0.15) is 0 Å². The first-order chi connectivity index (χ1) is 6.24. The zero-order valence-corrected chi connectivity index (χ0v) is 11.4. The Morgan fingerprint density at radius 1 is 0.786 bits per heavy atom. The third kappa shape index (κ3) is 2.11. The molecule has 0 saturated carbocycles. The second-order valence-corrected chi connectivity index (χ2v) is 9.47. The molecule has 0 aromatic heterocycles. The Labute approximate surface area is 89.0 Å². The van der Waals surface area contributed by atoms with Crippen LogP contribution in [0.1, 0.15) is 27.7 Å². The van der Waals surface area contributed by atoms with Crippen LogP contribution in [0.3, 0.4) is 0 Å². The molecular weight excluding hydrogens is 188 g/mol. The van der Waals surface area contributed by atoms with Crippen molar-refractivity contribution in [2.45, 2.75) is 47.3 Å². The highest BCUT2D eigenvalue weighted by Crippen LogP contribution is 2.39. The fourth-order valence-corrected chi connectivity index (χ4v) is 2.56. The topological polar surface area (TPSA) is 9.23 Å². The van der Waals surface area contributed by atoms with Crippen molar-refractivity contribution in [3.8, 4) is 0 Å². The average Bonchev–Trinajstić information content (AvgIpc) is 2.20. The molecule has 0 fully saturated rings. The van der Waals surface area contributed by atoms with Gasteiger partial charge in [0.25, 0.3) is 0 Å². The molecule has 1 radical (unpaired) electrons. The molecule has 0 aliphatic heterocycles. The first-order valence-electron chi connectivity index (χ1n) is 5.16. The number of hydrogen-bond donors (Lipinski definition) is 0. The van der Waals surface area contributed by atoms with E-state index in [0.29, 0.717) is 0 Å². The standard InChI is InChI=1S/C12H21OSi/c1-8-9(2)11(4)12(10(8)3)13-14(5,6)7/h1-7H3. The van der Waals surface area contributed by atoms with E-state index in [4.69, 9.17) is 4.43 Å². The van der Waals surface area contributed by atoms with Crippen LogP contribution in [0.15, 0.2) is 22.5 Å². The van der Waals surface area contributed by atoms with Crippen molar-refractivity contribution in [1.82, 2.24) is 0 Å². The van der Waals surface area contributed by atoms with E-state index in [0.717, 1.165) is 5.76 Å². The van der Waals surface area contributed by atoms with Gasteiger partial charge >= 0.3 is 0 Å². The predicted octanol–water partition coefficient (Wildman–Crippen LogP) is 4.06. The summed E-state index contributed by atoms with van der Waals surface area (Å²) < 4.78 is 6.10. The fraction of sp³-hybridized carbons (Fsp3) is 0.583. The Morgan fingerprint density at radius 3 is 1.57 bits per heavy atom. The molecule has 0 saturated heterocycles. The summed E-state index contributed by atoms with van der Waals surface area (Å²) in [7, 11) is -1.47.